The number of carbonyl (C=O) groups excluding carboxylic acids is 2. The van der Waals surface area contributed by atoms with Crippen molar-refractivity contribution in [1.82, 2.24) is 0 Å². The lowest BCUT2D eigenvalue weighted by Crippen LogP contribution is -2.52. The maximum absolute atomic E-state index is 11.3. The fourth-order valence-corrected chi connectivity index (χ4v) is 0.793. The number of hydroxylamine groups is 1. The number of ether oxygens (including phenoxy) is 2. The van der Waals surface area contributed by atoms with Gasteiger partial charge in [0.15, 0.2) is 0 Å². The first kappa shape index (κ1) is 13.1. The Morgan fingerprint density at radius 1 is 1.20 bits per heavy atom. The van der Waals surface area contributed by atoms with Crippen molar-refractivity contribution in [3.05, 3.63) is 5.21 Å². The lowest BCUT2D eigenvalue weighted by molar-refractivity contribution is -0.603. The van der Waals surface area contributed by atoms with Crippen LogP contribution in [0.5, 0.6) is 0 Å². The maximum Gasteiger partial charge on any atom is 0.394 e. The van der Waals surface area contributed by atoms with Gasteiger partial charge in [0, 0.05) is 6.92 Å². The Hall–Kier alpha value is -1.86. The summed E-state index contributed by atoms with van der Waals surface area (Å²) in [6.07, 6.45) is 0. The second-order valence-corrected chi connectivity index (χ2v) is 2.59. The van der Waals surface area contributed by atoms with E-state index >= 15 is 0 Å². The van der Waals surface area contributed by atoms with Crippen LogP contribution >= 0.6 is 0 Å². The summed E-state index contributed by atoms with van der Waals surface area (Å²) in [6, 6.07) is 0. The van der Waals surface area contributed by atoms with E-state index in [1.807, 2.05) is 0 Å². The average Bonchev–Trinajstić information content (AvgIpc) is 2.25. The zero-order valence-corrected chi connectivity index (χ0v) is 8.84. The van der Waals surface area contributed by atoms with Gasteiger partial charge in [0.2, 0.25) is 5.28 Å². The van der Waals surface area contributed by atoms with Gasteiger partial charge in [-0.05, 0) is 4.86 Å². The Labute approximate surface area is 86.0 Å². The molecule has 8 heteroatoms. The second-order valence-electron chi connectivity index (χ2n) is 2.59. The highest BCUT2D eigenvalue weighted by molar-refractivity contribution is 6.02. The molecule has 0 aromatic carbocycles. The van der Waals surface area contributed by atoms with Crippen molar-refractivity contribution in [2.24, 2.45) is 5.28 Å². The van der Waals surface area contributed by atoms with Crippen LogP contribution in [0.1, 0.15) is 6.92 Å². The lowest BCUT2D eigenvalue weighted by atomic mass is 10.0. The standard InChI is InChI=1S/C7H12N2O6/c1-7(5(10)13-2,6(11)14-3)9(12)8-15-4/h1-4H3. The summed E-state index contributed by atoms with van der Waals surface area (Å²) in [5.41, 5.74) is -2.21. The van der Waals surface area contributed by atoms with Gasteiger partial charge in [-0.2, -0.15) is 0 Å². The molecule has 0 saturated carbocycles. The maximum atomic E-state index is 11.3. The quantitative estimate of drug-likeness (QED) is 0.210. The van der Waals surface area contributed by atoms with Crippen LogP contribution in [0.3, 0.4) is 0 Å². The third-order valence-electron chi connectivity index (χ3n) is 1.70. The molecule has 0 spiro atoms. The minimum atomic E-state index is -2.21. The topological polar surface area (TPSA) is 100 Å². The van der Waals surface area contributed by atoms with Gasteiger partial charge >= 0.3 is 17.5 Å². The molecular formula is C7H12N2O6. The second kappa shape index (κ2) is 5.13. The van der Waals surface area contributed by atoms with Crippen molar-refractivity contribution >= 4 is 11.9 Å². The molecule has 0 bridgehead atoms. The van der Waals surface area contributed by atoms with E-state index in [0.717, 1.165) is 28.3 Å². The Morgan fingerprint density at radius 2 is 1.60 bits per heavy atom. The molecular weight excluding hydrogens is 208 g/mol. The zero-order chi connectivity index (χ0) is 12.1. The number of nitrogens with zero attached hydrogens (tertiary/aromatic N) is 2. The van der Waals surface area contributed by atoms with Gasteiger partial charge in [-0.1, -0.05) is 0 Å². The Kier molecular flexibility index (Phi) is 4.49. The molecule has 0 aromatic heterocycles. The van der Waals surface area contributed by atoms with Crippen molar-refractivity contribution in [3.8, 4) is 0 Å². The van der Waals surface area contributed by atoms with Crippen LogP contribution in [0.25, 0.3) is 0 Å². The van der Waals surface area contributed by atoms with Crippen LogP contribution in [0.4, 0.5) is 0 Å². The van der Waals surface area contributed by atoms with Gasteiger partial charge < -0.3 is 19.5 Å². The lowest BCUT2D eigenvalue weighted by Gasteiger charge is -2.18. The van der Waals surface area contributed by atoms with E-state index in [1.165, 1.54) is 0 Å². The largest absolute Gasteiger partial charge is 0.596 e. The van der Waals surface area contributed by atoms with E-state index in [-0.39, 0.29) is 4.86 Å². The van der Waals surface area contributed by atoms with Crippen LogP contribution in [-0.4, -0.2) is 43.7 Å². The van der Waals surface area contributed by atoms with Crippen LogP contribution in [0, 0.1) is 5.21 Å². The van der Waals surface area contributed by atoms with E-state index in [1.54, 1.807) is 0 Å². The number of carbonyl (C=O) groups is 2. The zero-order valence-electron chi connectivity index (χ0n) is 8.84. The van der Waals surface area contributed by atoms with E-state index in [2.05, 4.69) is 19.6 Å². The summed E-state index contributed by atoms with van der Waals surface area (Å²) < 4.78 is 8.62. The fraction of sp³-hybridized carbons (Fsp3) is 0.714. The summed E-state index contributed by atoms with van der Waals surface area (Å²) >= 11 is 0. The molecule has 0 radical (unpaired) electrons. The van der Waals surface area contributed by atoms with E-state index < -0.39 is 17.5 Å². The van der Waals surface area contributed by atoms with Crippen LogP contribution < -0.4 is 0 Å². The number of methoxy groups -OCH3 is 2. The number of hydrogen-bond donors (Lipinski definition) is 0. The van der Waals surface area contributed by atoms with Crippen molar-refractivity contribution in [2.45, 2.75) is 12.5 Å². The van der Waals surface area contributed by atoms with E-state index in [9.17, 15) is 14.8 Å². The van der Waals surface area contributed by atoms with Gasteiger partial charge in [-0.3, -0.25) is 0 Å². The summed E-state index contributed by atoms with van der Waals surface area (Å²) in [7, 11) is 3.16. The molecule has 0 N–H and O–H groups in total. The average molecular weight is 220 g/mol. The van der Waals surface area contributed by atoms with Gasteiger partial charge in [0.1, 0.15) is 7.11 Å². The first-order valence-corrected chi connectivity index (χ1v) is 3.83. The molecule has 0 aliphatic rings. The van der Waals surface area contributed by atoms with Gasteiger partial charge in [0.25, 0.3) is 0 Å². The predicted octanol–water partition coefficient (Wildman–Crippen LogP) is -0.385. The van der Waals surface area contributed by atoms with Gasteiger partial charge in [-0.15, -0.1) is 0 Å². The highest BCUT2D eigenvalue weighted by Gasteiger charge is 2.55. The molecule has 0 aliphatic carbocycles. The summed E-state index contributed by atoms with van der Waals surface area (Å²) in [6.45, 7) is 1.01. The molecule has 0 atom stereocenters. The highest BCUT2D eigenvalue weighted by atomic mass is 16.7. The van der Waals surface area contributed by atoms with Crippen molar-refractivity contribution in [1.29, 1.82) is 0 Å². The van der Waals surface area contributed by atoms with E-state index in [0.29, 0.717) is 0 Å². The minimum absolute atomic E-state index is 0.218. The Bertz CT molecular complexity index is 271. The van der Waals surface area contributed by atoms with Crippen molar-refractivity contribution < 1.29 is 28.8 Å². The third-order valence-corrected chi connectivity index (χ3v) is 1.70. The molecule has 0 unspecified atom stereocenters. The van der Waals surface area contributed by atoms with E-state index in [4.69, 9.17) is 0 Å². The van der Waals surface area contributed by atoms with Gasteiger partial charge in [0.05, 0.1) is 14.2 Å². The molecule has 8 nitrogen and oxygen atoms in total. The number of hydrogen-bond acceptors (Lipinski definition) is 7. The Balaban J connectivity index is 5.29. The molecule has 0 amide bonds. The summed E-state index contributed by atoms with van der Waals surface area (Å²) in [4.78, 5) is 26.5. The molecule has 0 saturated heterocycles. The molecule has 0 rings (SSSR count). The van der Waals surface area contributed by atoms with Crippen molar-refractivity contribution in [3.63, 3.8) is 0 Å². The van der Waals surface area contributed by atoms with Gasteiger partial charge in [-0.25, -0.2) is 9.59 Å². The SMILES string of the molecule is CON=[N+]([O-])C(C)(C(=O)OC)C(=O)OC. The molecule has 15 heavy (non-hydrogen) atoms. The summed E-state index contributed by atoms with van der Waals surface area (Å²) in [5.74, 6) is -2.18. The molecule has 86 valence electrons. The predicted molar refractivity (Wildman–Crippen MR) is 45.5 cm³/mol. The first-order chi connectivity index (χ1) is 6.94. The fourth-order valence-electron chi connectivity index (χ4n) is 0.793. The molecule has 0 fully saturated rings. The molecule has 0 aromatic rings. The number of rotatable bonds is 4. The smallest absolute Gasteiger partial charge is 0.394 e. The van der Waals surface area contributed by atoms with Crippen molar-refractivity contribution in [2.75, 3.05) is 21.3 Å². The minimum Gasteiger partial charge on any atom is -0.596 e. The normalized spacial score (nSPS) is 11.9. The first-order valence-electron chi connectivity index (χ1n) is 3.83. The number of esters is 2. The molecule has 0 heterocycles. The van der Waals surface area contributed by atoms with Crippen LogP contribution in [0.15, 0.2) is 5.28 Å². The summed E-state index contributed by atoms with van der Waals surface area (Å²) in [5, 5.41) is 14.2. The van der Waals surface area contributed by atoms with Crippen LogP contribution in [-0.2, 0) is 23.9 Å². The van der Waals surface area contributed by atoms with Crippen LogP contribution in [0.2, 0.25) is 0 Å². The Morgan fingerprint density at radius 3 is 1.87 bits per heavy atom. The monoisotopic (exact) mass is 220 g/mol. The highest BCUT2D eigenvalue weighted by Crippen LogP contribution is 2.14. The third kappa shape index (κ3) is 2.33. The molecule has 0 aliphatic heterocycles.